The van der Waals surface area contributed by atoms with E-state index in [0.29, 0.717) is 11.1 Å². The van der Waals surface area contributed by atoms with E-state index in [2.05, 4.69) is 32.2 Å². The molecule has 90 valence electrons. The van der Waals surface area contributed by atoms with Gasteiger partial charge in [0.05, 0.1) is 6.33 Å². The largest absolute Gasteiger partial charge is 0.368 e. The molecular formula is C11H16N6. The first-order chi connectivity index (χ1) is 8.22. The van der Waals surface area contributed by atoms with Crippen LogP contribution in [0.2, 0.25) is 0 Å². The minimum atomic E-state index is 0.258. The normalized spacial score (nSPS) is 17.2. The fourth-order valence-corrected chi connectivity index (χ4v) is 2.08. The number of H-pyrrole nitrogens is 1. The highest BCUT2D eigenvalue weighted by atomic mass is 15.1. The van der Waals surface area contributed by atoms with Crippen LogP contribution in [0.25, 0.3) is 11.2 Å². The van der Waals surface area contributed by atoms with E-state index < -0.39 is 0 Å². The standard InChI is InChI=1S/C11H16N6/c1-2-11(3-4-11)5-13-8-7-9(15-6-14-7)17-10(12)16-8/h6H,2-5H2,1H3,(H4,12,13,14,15,16,17). The molecule has 0 unspecified atom stereocenters. The van der Waals surface area contributed by atoms with Gasteiger partial charge in [-0.15, -0.1) is 0 Å². The van der Waals surface area contributed by atoms with Gasteiger partial charge in [0.1, 0.15) is 5.52 Å². The number of nitrogens with one attached hydrogen (secondary N) is 2. The molecule has 1 aliphatic rings. The summed E-state index contributed by atoms with van der Waals surface area (Å²) >= 11 is 0. The van der Waals surface area contributed by atoms with Crippen molar-refractivity contribution in [2.75, 3.05) is 17.6 Å². The van der Waals surface area contributed by atoms with E-state index in [0.717, 1.165) is 17.9 Å². The van der Waals surface area contributed by atoms with Gasteiger partial charge < -0.3 is 16.0 Å². The van der Waals surface area contributed by atoms with Gasteiger partial charge in [-0.1, -0.05) is 6.92 Å². The van der Waals surface area contributed by atoms with Crippen molar-refractivity contribution < 1.29 is 0 Å². The Kier molecular flexibility index (Phi) is 2.17. The summed E-state index contributed by atoms with van der Waals surface area (Å²) in [4.78, 5) is 15.4. The molecule has 2 aromatic rings. The van der Waals surface area contributed by atoms with Gasteiger partial charge in [0, 0.05) is 6.54 Å². The predicted molar refractivity (Wildman–Crippen MR) is 66.5 cm³/mol. The minimum absolute atomic E-state index is 0.258. The van der Waals surface area contributed by atoms with Crippen molar-refractivity contribution in [3.05, 3.63) is 6.33 Å². The zero-order chi connectivity index (χ0) is 11.9. The van der Waals surface area contributed by atoms with Gasteiger partial charge in [-0.2, -0.15) is 9.97 Å². The summed E-state index contributed by atoms with van der Waals surface area (Å²) in [6.45, 7) is 3.17. The number of anilines is 2. The van der Waals surface area contributed by atoms with E-state index in [-0.39, 0.29) is 5.95 Å². The number of imidazole rings is 1. The maximum absolute atomic E-state index is 5.66. The molecule has 0 atom stereocenters. The topological polar surface area (TPSA) is 92.5 Å². The third kappa shape index (κ3) is 1.79. The predicted octanol–water partition coefficient (Wildman–Crippen LogP) is 1.54. The van der Waals surface area contributed by atoms with E-state index in [1.165, 1.54) is 19.3 Å². The van der Waals surface area contributed by atoms with Crippen LogP contribution in [0.5, 0.6) is 0 Å². The summed E-state index contributed by atoms with van der Waals surface area (Å²) < 4.78 is 0. The lowest BCUT2D eigenvalue weighted by molar-refractivity contribution is 0.521. The Hall–Kier alpha value is -1.85. The molecule has 1 fully saturated rings. The molecule has 17 heavy (non-hydrogen) atoms. The maximum Gasteiger partial charge on any atom is 0.224 e. The number of fused-ring (bicyclic) bond motifs is 1. The number of hydrogen-bond acceptors (Lipinski definition) is 5. The zero-order valence-corrected chi connectivity index (χ0v) is 9.82. The van der Waals surface area contributed by atoms with Crippen molar-refractivity contribution in [2.45, 2.75) is 26.2 Å². The average Bonchev–Trinajstić information content (AvgIpc) is 2.96. The summed E-state index contributed by atoms with van der Waals surface area (Å²) in [5.41, 5.74) is 7.56. The Balaban J connectivity index is 1.86. The zero-order valence-electron chi connectivity index (χ0n) is 9.82. The minimum Gasteiger partial charge on any atom is -0.368 e. The highest BCUT2D eigenvalue weighted by molar-refractivity contribution is 5.83. The fraction of sp³-hybridized carbons (Fsp3) is 0.545. The SMILES string of the molecule is CCC1(CNc2nc(N)nc3nc[nH]c23)CC1. The quantitative estimate of drug-likeness (QED) is 0.743. The molecular weight excluding hydrogens is 216 g/mol. The van der Waals surface area contributed by atoms with Crippen LogP contribution in [-0.4, -0.2) is 26.5 Å². The number of rotatable bonds is 4. The number of nitrogens with two attached hydrogens (primary N) is 1. The number of nitrogens with zero attached hydrogens (tertiary/aromatic N) is 3. The molecule has 0 aromatic carbocycles. The Morgan fingerprint density at radius 1 is 1.47 bits per heavy atom. The Labute approximate surface area is 99.1 Å². The smallest absolute Gasteiger partial charge is 0.224 e. The molecule has 2 aromatic heterocycles. The van der Waals surface area contributed by atoms with Crippen molar-refractivity contribution in [2.24, 2.45) is 5.41 Å². The van der Waals surface area contributed by atoms with Gasteiger partial charge in [-0.25, -0.2) is 4.98 Å². The van der Waals surface area contributed by atoms with E-state index in [4.69, 9.17) is 5.73 Å². The van der Waals surface area contributed by atoms with Gasteiger partial charge in [0.25, 0.3) is 0 Å². The summed E-state index contributed by atoms with van der Waals surface area (Å²) in [6, 6.07) is 0. The highest BCUT2D eigenvalue weighted by Crippen LogP contribution is 2.48. The summed E-state index contributed by atoms with van der Waals surface area (Å²) in [5.74, 6) is 1.01. The van der Waals surface area contributed by atoms with E-state index in [1.54, 1.807) is 6.33 Å². The number of hydrogen-bond donors (Lipinski definition) is 3. The van der Waals surface area contributed by atoms with Crippen LogP contribution in [-0.2, 0) is 0 Å². The third-order valence-corrected chi connectivity index (χ3v) is 3.64. The molecule has 0 spiro atoms. The number of aromatic amines is 1. The Bertz CT molecular complexity index is 542. The lowest BCUT2D eigenvalue weighted by atomic mass is 10.0. The number of nitrogen functional groups attached to an aromatic ring is 1. The van der Waals surface area contributed by atoms with Crippen molar-refractivity contribution in [1.82, 2.24) is 19.9 Å². The average molecular weight is 232 g/mol. The summed E-state index contributed by atoms with van der Waals surface area (Å²) in [5, 5.41) is 3.37. The van der Waals surface area contributed by atoms with E-state index in [9.17, 15) is 0 Å². The second-order valence-corrected chi connectivity index (χ2v) is 4.74. The molecule has 1 saturated carbocycles. The van der Waals surface area contributed by atoms with Gasteiger partial charge in [-0.05, 0) is 24.7 Å². The van der Waals surface area contributed by atoms with E-state index in [1.807, 2.05) is 0 Å². The van der Waals surface area contributed by atoms with Crippen LogP contribution >= 0.6 is 0 Å². The molecule has 0 radical (unpaired) electrons. The fourth-order valence-electron chi connectivity index (χ4n) is 2.08. The third-order valence-electron chi connectivity index (χ3n) is 3.64. The van der Waals surface area contributed by atoms with Crippen LogP contribution in [0, 0.1) is 5.41 Å². The Morgan fingerprint density at radius 3 is 3.00 bits per heavy atom. The molecule has 1 aliphatic carbocycles. The van der Waals surface area contributed by atoms with Gasteiger partial charge in [0.2, 0.25) is 5.95 Å². The maximum atomic E-state index is 5.66. The molecule has 0 bridgehead atoms. The van der Waals surface area contributed by atoms with Crippen LogP contribution in [0.3, 0.4) is 0 Å². The first kappa shape index (κ1) is 10.3. The highest BCUT2D eigenvalue weighted by Gasteiger charge is 2.40. The molecule has 6 nitrogen and oxygen atoms in total. The van der Waals surface area contributed by atoms with Crippen molar-refractivity contribution in [3.63, 3.8) is 0 Å². The van der Waals surface area contributed by atoms with Crippen LogP contribution in [0.1, 0.15) is 26.2 Å². The van der Waals surface area contributed by atoms with Crippen molar-refractivity contribution in [1.29, 1.82) is 0 Å². The van der Waals surface area contributed by atoms with Gasteiger partial charge in [-0.3, -0.25) is 0 Å². The molecule has 0 aliphatic heterocycles. The molecule has 3 rings (SSSR count). The molecule has 2 heterocycles. The second-order valence-electron chi connectivity index (χ2n) is 4.74. The summed E-state index contributed by atoms with van der Waals surface area (Å²) in [6.07, 6.45) is 5.40. The van der Waals surface area contributed by atoms with Crippen LogP contribution in [0.4, 0.5) is 11.8 Å². The molecule has 0 amide bonds. The first-order valence-electron chi connectivity index (χ1n) is 5.93. The molecule has 0 saturated heterocycles. The van der Waals surface area contributed by atoms with Gasteiger partial charge >= 0.3 is 0 Å². The lowest BCUT2D eigenvalue weighted by Crippen LogP contribution is -2.16. The molecule has 6 heteroatoms. The van der Waals surface area contributed by atoms with Gasteiger partial charge in [0.15, 0.2) is 11.5 Å². The lowest BCUT2D eigenvalue weighted by Gasteiger charge is -2.14. The van der Waals surface area contributed by atoms with Crippen molar-refractivity contribution >= 4 is 22.9 Å². The first-order valence-corrected chi connectivity index (χ1v) is 5.93. The van der Waals surface area contributed by atoms with Crippen molar-refractivity contribution in [3.8, 4) is 0 Å². The molecule has 4 N–H and O–H groups in total. The Morgan fingerprint density at radius 2 is 2.29 bits per heavy atom. The number of aromatic nitrogens is 4. The monoisotopic (exact) mass is 232 g/mol. The van der Waals surface area contributed by atoms with Crippen LogP contribution < -0.4 is 11.1 Å². The van der Waals surface area contributed by atoms with E-state index >= 15 is 0 Å². The second kappa shape index (κ2) is 3.58. The summed E-state index contributed by atoms with van der Waals surface area (Å²) in [7, 11) is 0. The van der Waals surface area contributed by atoms with Crippen LogP contribution in [0.15, 0.2) is 6.33 Å².